The minimum absolute atomic E-state index is 0.0613. The molecule has 1 heterocycles. The lowest BCUT2D eigenvalue weighted by Gasteiger charge is -2.30. The van der Waals surface area contributed by atoms with Crippen LogP contribution >= 0.6 is 0 Å². The molecule has 190 valence electrons. The molecule has 0 spiro atoms. The first-order chi connectivity index (χ1) is 17.4. The molecule has 36 heavy (non-hydrogen) atoms. The first-order valence-corrected chi connectivity index (χ1v) is 12.9. The van der Waals surface area contributed by atoms with Gasteiger partial charge in [0.25, 0.3) is 0 Å². The van der Waals surface area contributed by atoms with Gasteiger partial charge in [0.15, 0.2) is 0 Å². The Balaban J connectivity index is 1.41. The van der Waals surface area contributed by atoms with Gasteiger partial charge >= 0.3 is 12.2 Å². The van der Waals surface area contributed by atoms with Crippen LogP contribution in [-0.4, -0.2) is 29.4 Å². The van der Waals surface area contributed by atoms with Crippen LogP contribution in [0.15, 0.2) is 42.5 Å². The van der Waals surface area contributed by atoms with E-state index in [0.717, 1.165) is 54.3 Å². The number of aromatic nitrogens is 1. The summed E-state index contributed by atoms with van der Waals surface area (Å²) in [6.45, 7) is 4.50. The number of benzene rings is 2. The summed E-state index contributed by atoms with van der Waals surface area (Å²) < 4.78 is 13.3. The smallest absolute Gasteiger partial charge is 0.412 e. The number of anilines is 2. The highest BCUT2D eigenvalue weighted by Crippen LogP contribution is 2.45. The van der Waals surface area contributed by atoms with Gasteiger partial charge < -0.3 is 25.1 Å². The summed E-state index contributed by atoms with van der Waals surface area (Å²) in [4.78, 5) is 24.3. The topological polar surface area (TPSA) is 108 Å². The zero-order valence-electron chi connectivity index (χ0n) is 20.9. The van der Waals surface area contributed by atoms with Crippen molar-refractivity contribution in [3.63, 3.8) is 0 Å². The Bertz CT molecular complexity index is 1260. The van der Waals surface area contributed by atoms with Crippen LogP contribution < -0.4 is 21.1 Å². The Hall–Kier alpha value is -3.68. The van der Waals surface area contributed by atoms with Gasteiger partial charge in [-0.25, -0.2) is 9.59 Å². The second-order valence-corrected chi connectivity index (χ2v) is 9.86. The lowest BCUT2D eigenvalue weighted by molar-refractivity contribution is 0.108. The molecule has 1 atom stereocenters. The fourth-order valence-corrected chi connectivity index (χ4v) is 4.76. The molecule has 8 heteroatoms. The molecule has 2 aromatic carbocycles. The van der Waals surface area contributed by atoms with Gasteiger partial charge in [-0.3, -0.25) is 5.32 Å². The van der Waals surface area contributed by atoms with Crippen molar-refractivity contribution in [3.05, 3.63) is 42.5 Å². The standard InChI is InChI=1S/C28H34N4O4/c1-3-15-30-27(33)36-22-13-14-23-24(16-22)32(21-5-4-6-21)26(25(23)29)19-9-11-20(12-10-19)31-28(34)35-17(2)18-7-8-18/h9-14,16-18,21H,3-8,15,29H2,1-2H3,(H,30,33)(H,31,34). The summed E-state index contributed by atoms with van der Waals surface area (Å²) >= 11 is 0. The normalized spacial score (nSPS) is 16.3. The molecule has 0 aliphatic heterocycles. The van der Waals surface area contributed by atoms with Crippen LogP contribution in [0.5, 0.6) is 5.75 Å². The molecule has 2 aliphatic rings. The number of amides is 2. The summed E-state index contributed by atoms with van der Waals surface area (Å²) in [6.07, 6.45) is 5.45. The minimum Gasteiger partial charge on any atom is -0.446 e. The van der Waals surface area contributed by atoms with Gasteiger partial charge in [0.05, 0.1) is 16.9 Å². The minimum atomic E-state index is -0.459. The average molecular weight is 491 g/mol. The molecule has 0 saturated heterocycles. The summed E-state index contributed by atoms with van der Waals surface area (Å²) in [5.41, 5.74) is 10.9. The van der Waals surface area contributed by atoms with E-state index in [2.05, 4.69) is 15.2 Å². The lowest BCUT2D eigenvalue weighted by Crippen LogP contribution is -2.27. The van der Waals surface area contributed by atoms with Crippen molar-refractivity contribution in [1.82, 2.24) is 9.88 Å². The van der Waals surface area contributed by atoms with E-state index >= 15 is 0 Å². The molecule has 5 rings (SSSR count). The number of nitrogens with two attached hydrogens (primary N) is 1. The predicted octanol–water partition coefficient (Wildman–Crippen LogP) is 6.46. The third-order valence-electron chi connectivity index (χ3n) is 7.17. The number of nitrogens with zero attached hydrogens (tertiary/aromatic N) is 1. The zero-order chi connectivity index (χ0) is 25.2. The molecule has 8 nitrogen and oxygen atoms in total. The second kappa shape index (κ2) is 10.1. The number of nitrogen functional groups attached to an aromatic ring is 1. The quantitative estimate of drug-likeness (QED) is 0.336. The van der Waals surface area contributed by atoms with Crippen molar-refractivity contribution in [2.24, 2.45) is 5.92 Å². The highest BCUT2D eigenvalue weighted by atomic mass is 16.6. The first kappa shape index (κ1) is 24.0. The Morgan fingerprint density at radius 2 is 1.83 bits per heavy atom. The Morgan fingerprint density at radius 1 is 1.08 bits per heavy atom. The summed E-state index contributed by atoms with van der Waals surface area (Å²) in [5, 5.41) is 6.49. The Kier molecular flexibility index (Phi) is 6.76. The number of carbonyl (C=O) groups excluding carboxylic acids is 2. The van der Waals surface area contributed by atoms with Crippen LogP contribution in [0.2, 0.25) is 0 Å². The number of hydrogen-bond donors (Lipinski definition) is 3. The number of fused-ring (bicyclic) bond motifs is 1. The molecule has 2 saturated carbocycles. The molecule has 1 unspecified atom stereocenters. The Labute approximate surface area is 211 Å². The van der Waals surface area contributed by atoms with Gasteiger partial charge in [0, 0.05) is 35.3 Å². The summed E-state index contributed by atoms with van der Waals surface area (Å²) in [5.74, 6) is 0.977. The number of hydrogen-bond acceptors (Lipinski definition) is 5. The van der Waals surface area contributed by atoms with Crippen LogP contribution in [0.25, 0.3) is 22.2 Å². The summed E-state index contributed by atoms with van der Waals surface area (Å²) in [7, 11) is 0. The second-order valence-electron chi connectivity index (χ2n) is 9.86. The van der Waals surface area contributed by atoms with Crippen LogP contribution in [0.4, 0.5) is 21.0 Å². The maximum Gasteiger partial charge on any atom is 0.412 e. The third-order valence-corrected chi connectivity index (χ3v) is 7.17. The molecule has 3 aromatic rings. The van der Waals surface area contributed by atoms with Crippen molar-refractivity contribution >= 4 is 34.5 Å². The zero-order valence-corrected chi connectivity index (χ0v) is 20.9. The molecule has 2 amide bonds. The van der Waals surface area contributed by atoms with Crippen molar-refractivity contribution in [1.29, 1.82) is 0 Å². The van der Waals surface area contributed by atoms with Crippen molar-refractivity contribution in [3.8, 4) is 17.0 Å². The molecule has 0 bridgehead atoms. The van der Waals surface area contributed by atoms with Crippen molar-refractivity contribution in [2.75, 3.05) is 17.6 Å². The van der Waals surface area contributed by atoms with Crippen molar-refractivity contribution in [2.45, 2.75) is 64.5 Å². The number of ether oxygens (including phenoxy) is 2. The van der Waals surface area contributed by atoms with Gasteiger partial charge in [-0.05, 0) is 75.6 Å². The number of nitrogens with one attached hydrogen (secondary N) is 2. The largest absolute Gasteiger partial charge is 0.446 e. The predicted molar refractivity (Wildman–Crippen MR) is 141 cm³/mol. The van der Waals surface area contributed by atoms with E-state index in [1.807, 2.05) is 50.2 Å². The summed E-state index contributed by atoms with van der Waals surface area (Å²) in [6, 6.07) is 13.6. The number of rotatable bonds is 8. The lowest BCUT2D eigenvalue weighted by atomic mass is 9.92. The van der Waals surface area contributed by atoms with E-state index in [4.69, 9.17) is 15.2 Å². The van der Waals surface area contributed by atoms with E-state index in [9.17, 15) is 9.59 Å². The van der Waals surface area contributed by atoms with E-state index in [1.165, 1.54) is 6.42 Å². The van der Waals surface area contributed by atoms with E-state index in [-0.39, 0.29) is 6.10 Å². The van der Waals surface area contributed by atoms with Gasteiger partial charge in [-0.1, -0.05) is 19.1 Å². The fourth-order valence-electron chi connectivity index (χ4n) is 4.76. The molecule has 4 N–H and O–H groups in total. The van der Waals surface area contributed by atoms with Crippen LogP contribution in [0, 0.1) is 5.92 Å². The molecular formula is C28H34N4O4. The molecule has 2 fully saturated rings. The van der Waals surface area contributed by atoms with E-state index in [0.29, 0.717) is 35.6 Å². The van der Waals surface area contributed by atoms with Gasteiger partial charge in [-0.2, -0.15) is 0 Å². The molecule has 0 radical (unpaired) electrons. The fraction of sp³-hybridized carbons (Fsp3) is 0.429. The highest BCUT2D eigenvalue weighted by molar-refractivity contribution is 6.02. The molecular weight excluding hydrogens is 456 g/mol. The van der Waals surface area contributed by atoms with Crippen LogP contribution in [-0.2, 0) is 4.74 Å². The maximum absolute atomic E-state index is 12.2. The van der Waals surface area contributed by atoms with E-state index < -0.39 is 12.2 Å². The maximum atomic E-state index is 12.2. The van der Waals surface area contributed by atoms with Crippen LogP contribution in [0.3, 0.4) is 0 Å². The van der Waals surface area contributed by atoms with Gasteiger partial charge in [-0.15, -0.1) is 0 Å². The van der Waals surface area contributed by atoms with Gasteiger partial charge in [0.1, 0.15) is 11.9 Å². The van der Waals surface area contributed by atoms with E-state index in [1.54, 1.807) is 6.07 Å². The average Bonchev–Trinajstić information content (AvgIpc) is 3.64. The third kappa shape index (κ3) is 4.98. The monoisotopic (exact) mass is 490 g/mol. The number of carbonyl (C=O) groups is 2. The Morgan fingerprint density at radius 3 is 2.47 bits per heavy atom. The SMILES string of the molecule is CCCNC(=O)Oc1ccc2c(N)c(-c3ccc(NC(=O)OC(C)C4CC4)cc3)n(C3CCC3)c2c1. The highest BCUT2D eigenvalue weighted by Gasteiger charge is 2.31. The first-order valence-electron chi connectivity index (χ1n) is 12.9. The van der Waals surface area contributed by atoms with Crippen molar-refractivity contribution < 1.29 is 19.1 Å². The van der Waals surface area contributed by atoms with Crippen LogP contribution in [0.1, 0.15) is 58.4 Å². The molecule has 2 aliphatic carbocycles. The molecule has 1 aromatic heterocycles. The van der Waals surface area contributed by atoms with Gasteiger partial charge in [0.2, 0.25) is 0 Å².